The molecule has 4 aromatic rings. The average Bonchev–Trinajstić information content (AvgIpc) is 3.49. The van der Waals surface area contributed by atoms with Gasteiger partial charge in [0.05, 0.1) is 25.3 Å². The van der Waals surface area contributed by atoms with Gasteiger partial charge in [0.2, 0.25) is 11.7 Å². The molecule has 0 N–H and O–H groups in total. The van der Waals surface area contributed by atoms with E-state index in [9.17, 15) is 4.79 Å². The minimum absolute atomic E-state index is 0.0960. The Morgan fingerprint density at radius 3 is 2.76 bits per heavy atom. The van der Waals surface area contributed by atoms with Gasteiger partial charge in [-0.05, 0) is 42.5 Å². The van der Waals surface area contributed by atoms with Gasteiger partial charge in [-0.3, -0.25) is 4.79 Å². The summed E-state index contributed by atoms with van der Waals surface area (Å²) in [5.74, 6) is 1.54. The van der Waals surface area contributed by atoms with Crippen molar-refractivity contribution < 1.29 is 18.8 Å². The lowest BCUT2D eigenvalue weighted by atomic mass is 10.2. The quantitative estimate of drug-likeness (QED) is 0.407. The zero-order chi connectivity index (χ0) is 22.6. The second kappa shape index (κ2) is 9.55. The van der Waals surface area contributed by atoms with Crippen LogP contribution in [-0.4, -0.2) is 62.2 Å². The van der Waals surface area contributed by atoms with E-state index in [-0.39, 0.29) is 12.5 Å². The molecule has 1 aliphatic heterocycles. The van der Waals surface area contributed by atoms with Crippen molar-refractivity contribution in [3.8, 4) is 17.1 Å². The minimum atomic E-state index is 0.0960. The Hall–Kier alpha value is -3.50. The maximum Gasteiger partial charge on any atom is 0.264 e. The summed E-state index contributed by atoms with van der Waals surface area (Å²) < 4.78 is 18.0. The Morgan fingerprint density at radius 1 is 1.12 bits per heavy atom. The van der Waals surface area contributed by atoms with Crippen molar-refractivity contribution >= 4 is 28.5 Å². The summed E-state index contributed by atoms with van der Waals surface area (Å²) in [6.45, 7) is 3.05. The highest BCUT2D eigenvalue weighted by Crippen LogP contribution is 2.22. The predicted molar refractivity (Wildman–Crippen MR) is 119 cm³/mol. The molecule has 0 aliphatic carbocycles. The zero-order valence-electron chi connectivity index (χ0n) is 17.7. The van der Waals surface area contributed by atoms with Crippen LogP contribution in [0.4, 0.5) is 0 Å². The van der Waals surface area contributed by atoms with E-state index < -0.39 is 0 Å². The highest BCUT2D eigenvalue weighted by molar-refractivity contribution is 6.30. The highest BCUT2D eigenvalue weighted by atomic mass is 35.5. The molecule has 1 aliphatic rings. The summed E-state index contributed by atoms with van der Waals surface area (Å²) in [6.07, 6.45) is 0.363. The smallest absolute Gasteiger partial charge is 0.264 e. The number of ether oxygens (including phenoxy) is 2. The van der Waals surface area contributed by atoms with E-state index in [0.29, 0.717) is 67.3 Å². The number of aryl methyl sites for hydroxylation is 1. The van der Waals surface area contributed by atoms with Gasteiger partial charge < -0.3 is 18.9 Å². The number of benzene rings is 2. The first-order valence-corrected chi connectivity index (χ1v) is 10.9. The Bertz CT molecular complexity index is 1250. The second-order valence-corrected chi connectivity index (χ2v) is 7.95. The van der Waals surface area contributed by atoms with Crippen molar-refractivity contribution in [2.75, 3.05) is 26.3 Å². The van der Waals surface area contributed by atoms with Gasteiger partial charge in [0.15, 0.2) is 6.61 Å². The van der Waals surface area contributed by atoms with Gasteiger partial charge in [0.1, 0.15) is 11.3 Å². The van der Waals surface area contributed by atoms with E-state index in [1.807, 2.05) is 23.1 Å². The number of aromatic nitrogens is 5. The molecule has 0 spiro atoms. The van der Waals surface area contributed by atoms with Crippen LogP contribution in [0.25, 0.3) is 22.4 Å². The first-order chi connectivity index (χ1) is 16.2. The Balaban J connectivity index is 1.23. The van der Waals surface area contributed by atoms with E-state index in [1.54, 1.807) is 28.9 Å². The third-order valence-electron chi connectivity index (χ3n) is 5.32. The van der Waals surface area contributed by atoms with Gasteiger partial charge in [-0.1, -0.05) is 22.0 Å². The molecule has 2 aromatic carbocycles. The molecule has 5 rings (SSSR count). The van der Waals surface area contributed by atoms with Gasteiger partial charge >= 0.3 is 0 Å². The van der Waals surface area contributed by atoms with Crippen molar-refractivity contribution in [1.29, 1.82) is 0 Å². The molecule has 0 radical (unpaired) electrons. The van der Waals surface area contributed by atoms with Crippen molar-refractivity contribution in [1.82, 2.24) is 30.0 Å². The van der Waals surface area contributed by atoms with Crippen LogP contribution in [0.2, 0.25) is 5.02 Å². The van der Waals surface area contributed by atoms with E-state index in [4.69, 9.17) is 25.6 Å². The number of fused-ring (bicyclic) bond motifs is 1. The summed E-state index contributed by atoms with van der Waals surface area (Å²) >= 11 is 5.88. The summed E-state index contributed by atoms with van der Waals surface area (Å²) in [7, 11) is 0. The fraction of sp³-hybridized carbons (Fsp3) is 0.318. The maximum absolute atomic E-state index is 12.4. The van der Waals surface area contributed by atoms with Gasteiger partial charge in [0, 0.05) is 30.1 Å². The average molecular weight is 469 g/mol. The molecule has 0 bridgehead atoms. The van der Waals surface area contributed by atoms with E-state index in [0.717, 1.165) is 11.1 Å². The van der Waals surface area contributed by atoms with Crippen molar-refractivity contribution in [3.05, 3.63) is 53.4 Å². The molecule has 1 amide bonds. The largest absolute Gasteiger partial charge is 0.484 e. The number of carbonyl (C=O) groups is 1. The minimum Gasteiger partial charge on any atom is -0.484 e. The topological polar surface area (TPSA) is 108 Å². The van der Waals surface area contributed by atoms with Gasteiger partial charge in [-0.2, -0.15) is 4.98 Å². The fourth-order valence-electron chi connectivity index (χ4n) is 3.56. The fourth-order valence-corrected chi connectivity index (χ4v) is 3.68. The second-order valence-electron chi connectivity index (χ2n) is 7.51. The lowest BCUT2D eigenvalue weighted by molar-refractivity contribution is -0.135. The molecule has 3 heterocycles. The van der Waals surface area contributed by atoms with Crippen molar-refractivity contribution in [2.24, 2.45) is 0 Å². The number of carbonyl (C=O) groups excluding carboxylic acids is 1. The van der Waals surface area contributed by atoms with Crippen LogP contribution in [-0.2, 0) is 22.7 Å². The molecule has 11 heteroatoms. The number of morpholine rings is 1. The number of hydrogen-bond acceptors (Lipinski definition) is 8. The SMILES string of the molecule is O=C(CCn1nnc2cc(-c3noc(COc4ccc(Cl)cc4)n3)ccc21)N1CCOCC1. The third-order valence-corrected chi connectivity index (χ3v) is 5.57. The summed E-state index contributed by atoms with van der Waals surface area (Å²) in [4.78, 5) is 18.6. The van der Waals surface area contributed by atoms with Crippen LogP contribution < -0.4 is 4.74 Å². The standard InChI is InChI=1S/C22H21ClN6O4/c23-16-2-4-17(5-3-16)32-14-20-24-22(26-33-20)15-1-6-19-18(13-15)25-27-29(19)8-7-21(30)28-9-11-31-12-10-28/h1-6,13H,7-12,14H2. The van der Waals surface area contributed by atoms with Crippen LogP contribution in [0.1, 0.15) is 12.3 Å². The molecule has 0 saturated carbocycles. The van der Waals surface area contributed by atoms with Gasteiger partial charge in [0.25, 0.3) is 5.89 Å². The maximum atomic E-state index is 12.4. The molecular weight excluding hydrogens is 448 g/mol. The van der Waals surface area contributed by atoms with E-state index in [1.165, 1.54) is 0 Å². The molecule has 1 saturated heterocycles. The van der Waals surface area contributed by atoms with Crippen LogP contribution >= 0.6 is 11.6 Å². The number of amides is 1. The predicted octanol–water partition coefficient (Wildman–Crippen LogP) is 2.96. The van der Waals surface area contributed by atoms with Gasteiger partial charge in [-0.15, -0.1) is 5.10 Å². The molecule has 1 fully saturated rings. The van der Waals surface area contributed by atoms with Gasteiger partial charge in [-0.25, -0.2) is 4.68 Å². The number of nitrogens with zero attached hydrogens (tertiary/aromatic N) is 6. The Labute approximate surface area is 194 Å². The van der Waals surface area contributed by atoms with Crippen molar-refractivity contribution in [2.45, 2.75) is 19.6 Å². The Morgan fingerprint density at radius 2 is 1.94 bits per heavy atom. The lowest BCUT2D eigenvalue weighted by Crippen LogP contribution is -2.41. The highest BCUT2D eigenvalue weighted by Gasteiger charge is 2.18. The van der Waals surface area contributed by atoms with Crippen LogP contribution in [0.5, 0.6) is 5.75 Å². The lowest BCUT2D eigenvalue weighted by Gasteiger charge is -2.26. The molecule has 170 valence electrons. The first-order valence-electron chi connectivity index (χ1n) is 10.6. The zero-order valence-corrected chi connectivity index (χ0v) is 18.4. The molecule has 33 heavy (non-hydrogen) atoms. The van der Waals surface area contributed by atoms with E-state index >= 15 is 0 Å². The molecule has 0 atom stereocenters. The first kappa shape index (κ1) is 21.4. The summed E-state index contributed by atoms with van der Waals surface area (Å²) in [5, 5.41) is 13.1. The molecule has 0 unspecified atom stereocenters. The summed E-state index contributed by atoms with van der Waals surface area (Å²) in [6, 6.07) is 12.6. The monoisotopic (exact) mass is 468 g/mol. The van der Waals surface area contributed by atoms with E-state index in [2.05, 4.69) is 20.5 Å². The molecular formula is C22H21ClN6O4. The molecule has 2 aromatic heterocycles. The molecule has 10 nitrogen and oxygen atoms in total. The third kappa shape index (κ3) is 4.96. The Kier molecular flexibility index (Phi) is 6.18. The summed E-state index contributed by atoms with van der Waals surface area (Å²) in [5.41, 5.74) is 2.28. The normalized spacial score (nSPS) is 14.0. The number of rotatable bonds is 7. The van der Waals surface area contributed by atoms with Crippen molar-refractivity contribution in [3.63, 3.8) is 0 Å². The van der Waals surface area contributed by atoms with Crippen LogP contribution in [0, 0.1) is 0 Å². The van der Waals surface area contributed by atoms with Crippen LogP contribution in [0.15, 0.2) is 47.0 Å². The van der Waals surface area contributed by atoms with Crippen LogP contribution in [0.3, 0.4) is 0 Å². The number of hydrogen-bond donors (Lipinski definition) is 0. The number of halogens is 1.